The van der Waals surface area contributed by atoms with Gasteiger partial charge in [0.2, 0.25) is 5.91 Å². The molecule has 0 bridgehead atoms. The van der Waals surface area contributed by atoms with E-state index in [1.807, 2.05) is 31.2 Å². The number of thioether (sulfide) groups is 1. The lowest BCUT2D eigenvalue weighted by Crippen LogP contribution is -2.27. The van der Waals surface area contributed by atoms with Crippen LogP contribution in [0.25, 0.3) is 0 Å². The molecular formula is C16H13F2NOS. The van der Waals surface area contributed by atoms with Gasteiger partial charge in [-0.15, -0.1) is 11.8 Å². The molecule has 2 aromatic rings. The molecule has 1 amide bonds. The fraction of sp³-hybridized carbons (Fsp3) is 0.188. The number of carbonyl (C=O) groups is 1. The minimum absolute atomic E-state index is 0.0275. The van der Waals surface area contributed by atoms with Gasteiger partial charge in [-0.2, -0.15) is 0 Å². The summed E-state index contributed by atoms with van der Waals surface area (Å²) in [5.74, 6) is -1.47. The second kappa shape index (κ2) is 5.48. The van der Waals surface area contributed by atoms with E-state index in [0.717, 1.165) is 23.4 Å². The van der Waals surface area contributed by atoms with E-state index in [2.05, 4.69) is 0 Å². The van der Waals surface area contributed by atoms with Crippen molar-refractivity contribution in [2.45, 2.75) is 12.3 Å². The van der Waals surface area contributed by atoms with Gasteiger partial charge in [-0.1, -0.05) is 18.2 Å². The van der Waals surface area contributed by atoms with Crippen molar-refractivity contribution in [3.8, 4) is 0 Å². The van der Waals surface area contributed by atoms with Crippen molar-refractivity contribution in [2.75, 3.05) is 10.7 Å². The van der Waals surface area contributed by atoms with E-state index in [1.54, 1.807) is 4.90 Å². The molecule has 1 aliphatic heterocycles. The fourth-order valence-corrected chi connectivity index (χ4v) is 3.56. The second-order valence-corrected chi connectivity index (χ2v) is 6.01. The summed E-state index contributed by atoms with van der Waals surface area (Å²) in [5.41, 5.74) is 2.41. The molecule has 2 nitrogen and oxygen atoms in total. The van der Waals surface area contributed by atoms with Gasteiger partial charge in [0.1, 0.15) is 5.37 Å². The molecule has 0 aromatic heterocycles. The highest BCUT2D eigenvalue weighted by Crippen LogP contribution is 2.42. The number of hydrogen-bond acceptors (Lipinski definition) is 2. The van der Waals surface area contributed by atoms with Crippen LogP contribution in [0.5, 0.6) is 0 Å². The third-order valence-electron chi connectivity index (χ3n) is 3.38. The number of hydrogen-bond donors (Lipinski definition) is 0. The van der Waals surface area contributed by atoms with Crippen LogP contribution in [-0.2, 0) is 4.79 Å². The highest BCUT2D eigenvalue weighted by Gasteiger charge is 2.34. The smallest absolute Gasteiger partial charge is 0.238 e. The van der Waals surface area contributed by atoms with Crippen molar-refractivity contribution in [2.24, 2.45) is 0 Å². The quantitative estimate of drug-likeness (QED) is 0.834. The monoisotopic (exact) mass is 305 g/mol. The largest absolute Gasteiger partial charge is 0.295 e. The Morgan fingerprint density at radius 1 is 1.14 bits per heavy atom. The van der Waals surface area contributed by atoms with E-state index < -0.39 is 11.6 Å². The summed E-state index contributed by atoms with van der Waals surface area (Å²) in [7, 11) is 0. The Balaban J connectivity index is 2.01. The topological polar surface area (TPSA) is 20.3 Å². The maximum Gasteiger partial charge on any atom is 0.238 e. The van der Waals surface area contributed by atoms with Crippen LogP contribution in [-0.4, -0.2) is 11.7 Å². The Morgan fingerprint density at radius 2 is 1.95 bits per heavy atom. The zero-order valence-electron chi connectivity index (χ0n) is 11.3. The maximum absolute atomic E-state index is 13.4. The molecular weight excluding hydrogens is 292 g/mol. The van der Waals surface area contributed by atoms with E-state index in [4.69, 9.17) is 0 Å². The van der Waals surface area contributed by atoms with Crippen LogP contribution >= 0.6 is 11.8 Å². The molecule has 1 atom stereocenters. The van der Waals surface area contributed by atoms with Crippen molar-refractivity contribution in [3.05, 3.63) is 65.2 Å². The van der Waals surface area contributed by atoms with Gasteiger partial charge in [0.05, 0.1) is 5.75 Å². The Kier molecular flexibility index (Phi) is 3.68. The minimum atomic E-state index is -0.892. The zero-order valence-corrected chi connectivity index (χ0v) is 12.2. The molecule has 2 aromatic carbocycles. The van der Waals surface area contributed by atoms with E-state index in [0.29, 0.717) is 11.3 Å². The first-order chi connectivity index (χ1) is 10.1. The van der Waals surface area contributed by atoms with Crippen LogP contribution in [0.4, 0.5) is 14.5 Å². The maximum atomic E-state index is 13.4. The molecule has 1 fully saturated rings. The number of amides is 1. The number of carbonyl (C=O) groups excluding carboxylic acids is 1. The third-order valence-corrected chi connectivity index (χ3v) is 4.59. The zero-order chi connectivity index (χ0) is 15.0. The number of rotatable bonds is 2. The number of benzene rings is 2. The van der Waals surface area contributed by atoms with Crippen LogP contribution in [0, 0.1) is 18.6 Å². The summed E-state index contributed by atoms with van der Waals surface area (Å²) in [6.45, 7) is 1.95. The fourth-order valence-electron chi connectivity index (χ4n) is 2.39. The summed E-state index contributed by atoms with van der Waals surface area (Å²) in [6, 6.07) is 11.4. The van der Waals surface area contributed by atoms with Gasteiger partial charge >= 0.3 is 0 Å². The molecule has 1 aliphatic rings. The van der Waals surface area contributed by atoms with Crippen LogP contribution in [0.3, 0.4) is 0 Å². The van der Waals surface area contributed by atoms with Crippen molar-refractivity contribution < 1.29 is 13.6 Å². The first-order valence-corrected chi connectivity index (χ1v) is 7.56. The Hall–Kier alpha value is -1.88. The molecule has 108 valence electrons. The van der Waals surface area contributed by atoms with Gasteiger partial charge in [0.25, 0.3) is 0 Å². The van der Waals surface area contributed by atoms with Crippen molar-refractivity contribution in [1.29, 1.82) is 0 Å². The van der Waals surface area contributed by atoms with Crippen LogP contribution in [0.2, 0.25) is 0 Å². The predicted molar refractivity (Wildman–Crippen MR) is 80.2 cm³/mol. The Morgan fingerprint density at radius 3 is 2.67 bits per heavy atom. The van der Waals surface area contributed by atoms with Crippen molar-refractivity contribution in [1.82, 2.24) is 0 Å². The lowest BCUT2D eigenvalue weighted by molar-refractivity contribution is -0.115. The second-order valence-electron chi connectivity index (χ2n) is 4.94. The van der Waals surface area contributed by atoms with E-state index in [9.17, 15) is 13.6 Å². The molecule has 1 saturated heterocycles. The number of aryl methyl sites for hydroxylation is 1. The Labute approximate surface area is 125 Å². The molecule has 21 heavy (non-hydrogen) atoms. The van der Waals surface area contributed by atoms with Gasteiger partial charge in [0, 0.05) is 5.69 Å². The van der Waals surface area contributed by atoms with Gasteiger partial charge in [-0.25, -0.2) is 8.78 Å². The van der Waals surface area contributed by atoms with Gasteiger partial charge in [-0.05, 0) is 42.3 Å². The average molecular weight is 305 g/mol. The summed E-state index contributed by atoms with van der Waals surface area (Å²) in [4.78, 5) is 13.8. The molecule has 5 heteroatoms. The molecule has 3 rings (SSSR count). The average Bonchev–Trinajstić information content (AvgIpc) is 2.84. The summed E-state index contributed by atoms with van der Waals surface area (Å²) in [5, 5.41) is -0.325. The summed E-state index contributed by atoms with van der Waals surface area (Å²) >= 11 is 1.41. The SMILES string of the molecule is Cc1cccc(N2C(=O)CS[C@@H]2c2ccc(F)c(F)c2)c1. The molecule has 1 heterocycles. The molecule has 0 saturated carbocycles. The standard InChI is InChI=1S/C16H13F2NOS/c1-10-3-2-4-12(7-10)19-15(20)9-21-16(19)11-5-6-13(17)14(18)8-11/h2-8,16H,9H2,1H3/t16-/m1/s1. The summed E-state index contributed by atoms with van der Waals surface area (Å²) < 4.78 is 26.5. The number of halogens is 2. The number of nitrogens with zero attached hydrogens (tertiary/aromatic N) is 1. The first kappa shape index (κ1) is 14.1. The highest BCUT2D eigenvalue weighted by atomic mass is 32.2. The van der Waals surface area contributed by atoms with Gasteiger partial charge in [-0.3, -0.25) is 9.69 Å². The lowest BCUT2D eigenvalue weighted by atomic mass is 10.1. The molecule has 0 spiro atoms. The predicted octanol–water partition coefficient (Wildman–Crippen LogP) is 4.05. The first-order valence-electron chi connectivity index (χ1n) is 6.51. The van der Waals surface area contributed by atoms with Gasteiger partial charge in [0.15, 0.2) is 11.6 Å². The Bertz CT molecular complexity index is 704. The molecule has 0 aliphatic carbocycles. The van der Waals surface area contributed by atoms with Crippen LogP contribution < -0.4 is 4.90 Å². The molecule has 0 unspecified atom stereocenters. The van der Waals surface area contributed by atoms with Crippen molar-refractivity contribution in [3.63, 3.8) is 0 Å². The van der Waals surface area contributed by atoms with Crippen LogP contribution in [0.1, 0.15) is 16.5 Å². The highest BCUT2D eigenvalue weighted by molar-refractivity contribution is 8.00. The van der Waals surface area contributed by atoms with E-state index in [1.165, 1.54) is 17.8 Å². The van der Waals surface area contributed by atoms with E-state index >= 15 is 0 Å². The lowest BCUT2D eigenvalue weighted by Gasteiger charge is -2.24. The molecule has 0 N–H and O–H groups in total. The third kappa shape index (κ3) is 2.65. The number of anilines is 1. The van der Waals surface area contributed by atoms with Crippen molar-refractivity contribution >= 4 is 23.4 Å². The van der Waals surface area contributed by atoms with E-state index in [-0.39, 0.29) is 11.3 Å². The minimum Gasteiger partial charge on any atom is -0.295 e. The normalized spacial score (nSPS) is 18.3. The van der Waals surface area contributed by atoms with Crippen LogP contribution in [0.15, 0.2) is 42.5 Å². The van der Waals surface area contributed by atoms with Gasteiger partial charge < -0.3 is 0 Å². The summed E-state index contributed by atoms with van der Waals surface area (Å²) in [6.07, 6.45) is 0. The molecule has 0 radical (unpaired) electrons.